The summed E-state index contributed by atoms with van der Waals surface area (Å²) in [6, 6.07) is 0. The molecule has 0 aromatic heterocycles. The standard InChI is InChI=1S/C5H12N2.2HI.V/c1-7-4-2-6-3-5-7;;;/h6H,2-5H2,1H3;2*1H;/q;;;+2/p-2. The first-order chi connectivity index (χ1) is 4.81. The average molecular weight is 405 g/mol. The van der Waals surface area contributed by atoms with E-state index >= 15 is 0 Å². The molecule has 0 aliphatic carbocycles. The zero-order valence-corrected chi connectivity index (χ0v) is 11.7. The molecule has 2 nitrogen and oxygen atoms in total. The van der Waals surface area contributed by atoms with Crippen LogP contribution in [-0.2, 0) is 9.47 Å². The molecule has 5 heteroatoms. The fourth-order valence-corrected chi connectivity index (χ4v) is 0.777. The van der Waals surface area contributed by atoms with Crippen LogP contribution in [0.2, 0.25) is 0 Å². The molecule has 1 aliphatic heterocycles. The summed E-state index contributed by atoms with van der Waals surface area (Å²) in [6.07, 6.45) is 0. The molecule has 10 heavy (non-hydrogen) atoms. The molecule has 0 unspecified atom stereocenters. The molecule has 1 aliphatic rings. The molecule has 61 valence electrons. The van der Waals surface area contributed by atoms with Gasteiger partial charge in [0.25, 0.3) is 0 Å². The van der Waals surface area contributed by atoms with E-state index in [9.17, 15) is 0 Å². The molecule has 0 saturated carbocycles. The molecule has 0 bridgehead atoms. The number of hydrogen-bond donors (Lipinski definition) is 1. The van der Waals surface area contributed by atoms with Crippen molar-refractivity contribution in [1.82, 2.24) is 10.2 Å². The van der Waals surface area contributed by atoms with E-state index in [0.29, 0.717) is 9.47 Å². The summed E-state index contributed by atoms with van der Waals surface area (Å²) in [7, 11) is 2.78. The van der Waals surface area contributed by atoms with E-state index in [-0.39, 0.29) is 0 Å². The predicted octanol–water partition coefficient (Wildman–Crippen LogP) is 1.29. The third kappa shape index (κ3) is 8.06. The summed E-state index contributed by atoms with van der Waals surface area (Å²) in [5, 5.41) is 3.27. The number of piperazine rings is 1. The third-order valence-electron chi connectivity index (χ3n) is 1.34. The molecule has 1 saturated heterocycles. The fourth-order valence-electron chi connectivity index (χ4n) is 0.777. The van der Waals surface area contributed by atoms with Crippen molar-refractivity contribution in [3.8, 4) is 0 Å². The molecular formula is C5H12I2N2V. The van der Waals surface area contributed by atoms with Gasteiger partial charge in [-0.3, -0.25) is 0 Å². The van der Waals surface area contributed by atoms with Crippen molar-refractivity contribution >= 4 is 40.0 Å². The number of nitrogens with zero attached hydrogens (tertiary/aromatic N) is 1. The fraction of sp³-hybridized carbons (Fsp3) is 1.00. The Morgan fingerprint density at radius 1 is 1.30 bits per heavy atom. The van der Waals surface area contributed by atoms with Crippen LogP contribution in [0.5, 0.6) is 0 Å². The van der Waals surface area contributed by atoms with Crippen LogP contribution in [0.4, 0.5) is 0 Å². The zero-order chi connectivity index (χ0) is 7.82. The number of nitrogens with one attached hydrogen (secondary N) is 1. The van der Waals surface area contributed by atoms with E-state index in [1.165, 1.54) is 13.1 Å². The minimum atomic E-state index is 0.628. The van der Waals surface area contributed by atoms with Gasteiger partial charge in [0.15, 0.2) is 0 Å². The van der Waals surface area contributed by atoms with Crippen LogP contribution in [0.1, 0.15) is 0 Å². The molecule has 1 heterocycles. The Bertz CT molecular complexity index is 68.7. The van der Waals surface area contributed by atoms with E-state index in [4.69, 9.17) is 0 Å². The Morgan fingerprint density at radius 2 is 1.70 bits per heavy atom. The number of likely N-dealkylation sites (N-methyl/N-ethyl adjacent to an activating group) is 1. The van der Waals surface area contributed by atoms with Gasteiger partial charge < -0.3 is 10.2 Å². The van der Waals surface area contributed by atoms with Crippen LogP contribution < -0.4 is 5.32 Å². The normalized spacial score (nSPS) is 19.1. The van der Waals surface area contributed by atoms with Gasteiger partial charge in [-0.1, -0.05) is 0 Å². The summed E-state index contributed by atoms with van der Waals surface area (Å²) in [5.41, 5.74) is 0. The SMILES string of the molecule is CN1CCNCC1.[I][V][I]. The van der Waals surface area contributed by atoms with Gasteiger partial charge >= 0.3 is 49.4 Å². The van der Waals surface area contributed by atoms with Crippen LogP contribution in [-0.4, -0.2) is 38.1 Å². The van der Waals surface area contributed by atoms with Gasteiger partial charge in [0.1, 0.15) is 0 Å². The summed E-state index contributed by atoms with van der Waals surface area (Å²) in [5.74, 6) is 0. The van der Waals surface area contributed by atoms with E-state index < -0.39 is 0 Å². The van der Waals surface area contributed by atoms with Gasteiger partial charge in [-0.25, -0.2) is 0 Å². The van der Waals surface area contributed by atoms with Crippen molar-refractivity contribution in [3.05, 3.63) is 0 Å². The number of rotatable bonds is 0. The third-order valence-corrected chi connectivity index (χ3v) is 1.34. The van der Waals surface area contributed by atoms with Crippen LogP contribution in [0.15, 0.2) is 0 Å². The van der Waals surface area contributed by atoms with Crippen molar-refractivity contribution < 1.29 is 9.47 Å². The van der Waals surface area contributed by atoms with E-state index in [1.54, 1.807) is 0 Å². The summed E-state index contributed by atoms with van der Waals surface area (Å²) in [6.45, 7) is 4.74. The van der Waals surface area contributed by atoms with Gasteiger partial charge in [-0.15, -0.1) is 0 Å². The molecule has 0 amide bonds. The Hall–Kier alpha value is 1.96. The number of halogens is 2. The summed E-state index contributed by atoms with van der Waals surface area (Å²) >= 11 is 4.74. The zero-order valence-electron chi connectivity index (χ0n) is 5.98. The summed E-state index contributed by atoms with van der Waals surface area (Å²) in [4.78, 5) is 2.33. The van der Waals surface area contributed by atoms with Crippen LogP contribution in [0, 0.1) is 0 Å². The van der Waals surface area contributed by atoms with Crippen molar-refractivity contribution in [2.45, 2.75) is 0 Å². The predicted molar refractivity (Wildman–Crippen MR) is 58.4 cm³/mol. The Morgan fingerprint density at radius 3 is 1.90 bits per heavy atom. The molecule has 0 spiro atoms. The molecular weight excluding hydrogens is 393 g/mol. The van der Waals surface area contributed by atoms with Crippen LogP contribution in [0.3, 0.4) is 0 Å². The first-order valence-electron chi connectivity index (χ1n) is 3.12. The maximum absolute atomic E-state index is 3.27. The first kappa shape index (κ1) is 12.0. The molecule has 0 radical (unpaired) electrons. The Kier molecular flexibility index (Phi) is 10.8. The van der Waals surface area contributed by atoms with E-state index in [1.807, 2.05) is 0 Å². The molecule has 1 N–H and O–H groups in total. The second kappa shape index (κ2) is 9.06. The Balaban J connectivity index is 0.000000236. The number of hydrogen-bond acceptors (Lipinski definition) is 2. The molecule has 0 aromatic rings. The van der Waals surface area contributed by atoms with E-state index in [2.05, 4.69) is 57.2 Å². The van der Waals surface area contributed by atoms with Crippen molar-refractivity contribution in [1.29, 1.82) is 0 Å². The Labute approximate surface area is 91.7 Å². The van der Waals surface area contributed by atoms with Crippen LogP contribution in [0.25, 0.3) is 0 Å². The van der Waals surface area contributed by atoms with Gasteiger partial charge in [-0.05, 0) is 7.05 Å². The average Bonchev–Trinajstić information content (AvgIpc) is 1.91. The second-order valence-electron chi connectivity index (χ2n) is 2.12. The molecule has 1 fully saturated rings. The van der Waals surface area contributed by atoms with Gasteiger partial charge in [-0.2, -0.15) is 0 Å². The van der Waals surface area contributed by atoms with Gasteiger partial charge in [0.2, 0.25) is 0 Å². The van der Waals surface area contributed by atoms with Crippen LogP contribution >= 0.6 is 40.0 Å². The second-order valence-corrected chi connectivity index (χ2v) is 13.9. The van der Waals surface area contributed by atoms with Gasteiger partial charge in [0, 0.05) is 26.2 Å². The topological polar surface area (TPSA) is 15.3 Å². The summed E-state index contributed by atoms with van der Waals surface area (Å²) < 4.78 is 0. The molecule has 1 rings (SSSR count). The van der Waals surface area contributed by atoms with E-state index in [0.717, 1.165) is 13.1 Å². The maximum atomic E-state index is 3.27. The molecule has 0 aromatic carbocycles. The quantitative estimate of drug-likeness (QED) is 0.612. The minimum absolute atomic E-state index is 0.628. The first-order valence-corrected chi connectivity index (χ1v) is 12.1. The van der Waals surface area contributed by atoms with Crippen molar-refractivity contribution in [2.24, 2.45) is 0 Å². The molecule has 0 atom stereocenters. The van der Waals surface area contributed by atoms with Crippen molar-refractivity contribution in [3.63, 3.8) is 0 Å². The van der Waals surface area contributed by atoms with Crippen molar-refractivity contribution in [2.75, 3.05) is 33.2 Å². The monoisotopic (exact) mass is 405 g/mol. The van der Waals surface area contributed by atoms with Gasteiger partial charge in [0.05, 0.1) is 0 Å².